The summed E-state index contributed by atoms with van der Waals surface area (Å²) in [4.78, 5) is 25.2. The average Bonchev–Trinajstić information content (AvgIpc) is 2.78. The summed E-state index contributed by atoms with van der Waals surface area (Å²) in [7, 11) is 0. The van der Waals surface area contributed by atoms with Gasteiger partial charge in [0.15, 0.2) is 0 Å². The first-order valence-corrected chi connectivity index (χ1v) is 8.65. The number of hydrogen-bond acceptors (Lipinski definition) is 3. The molecule has 1 aliphatic rings. The molecule has 1 heterocycles. The van der Waals surface area contributed by atoms with E-state index in [1.807, 2.05) is 24.3 Å². The molecule has 1 saturated heterocycles. The third-order valence-electron chi connectivity index (χ3n) is 4.04. The number of carbonyl (C=O) groups is 2. The third-order valence-corrected chi connectivity index (χ3v) is 4.38. The predicted octanol–water partition coefficient (Wildman–Crippen LogP) is 2.50. The van der Waals surface area contributed by atoms with E-state index < -0.39 is 11.6 Å². The number of carbonyl (C=O) groups excluding carboxylic acids is 2. The maximum Gasteiger partial charge on any atom is 0.322 e. The van der Waals surface area contributed by atoms with Crippen molar-refractivity contribution in [2.75, 3.05) is 29.7 Å². The fraction of sp³-hybridized carbons (Fsp3) is 0.500. The van der Waals surface area contributed by atoms with Crippen LogP contribution in [-0.4, -0.2) is 42.3 Å². The van der Waals surface area contributed by atoms with E-state index >= 15 is 0 Å². The summed E-state index contributed by atoms with van der Waals surface area (Å²) >= 11 is 11.6. The van der Waals surface area contributed by atoms with Crippen molar-refractivity contribution in [1.82, 2.24) is 10.6 Å². The maximum absolute atomic E-state index is 11.8. The molecule has 3 amide bonds. The Morgan fingerprint density at radius 2 is 1.70 bits per heavy atom. The number of nitrogens with one attached hydrogen (secondary N) is 2. The molecule has 0 radical (unpaired) electrons. The van der Waals surface area contributed by atoms with Gasteiger partial charge in [-0.1, -0.05) is 12.1 Å². The molecule has 0 aromatic heterocycles. The average molecular weight is 358 g/mol. The Labute approximate surface area is 146 Å². The zero-order valence-corrected chi connectivity index (χ0v) is 14.6. The largest absolute Gasteiger partial charge is 0.369 e. The number of urea groups is 1. The van der Waals surface area contributed by atoms with Crippen molar-refractivity contribution >= 4 is 40.8 Å². The number of rotatable bonds is 8. The molecule has 1 atom stereocenters. The highest BCUT2D eigenvalue weighted by atomic mass is 35.5. The van der Waals surface area contributed by atoms with Crippen molar-refractivity contribution in [3.63, 3.8) is 0 Å². The Balaban J connectivity index is 1.97. The van der Waals surface area contributed by atoms with Crippen LogP contribution >= 0.6 is 23.2 Å². The molecule has 1 unspecified atom stereocenters. The van der Waals surface area contributed by atoms with Crippen molar-refractivity contribution in [2.45, 2.75) is 25.3 Å². The van der Waals surface area contributed by atoms with E-state index in [9.17, 15) is 9.59 Å². The SMILES string of the molecule is CC1(CCc2ccc(N(CCCl)CCCl)cc2)NC(=O)NC1=O. The number of aryl methyl sites for hydroxylation is 1. The van der Waals surface area contributed by atoms with E-state index in [0.717, 1.165) is 24.3 Å². The molecule has 126 valence electrons. The Morgan fingerprint density at radius 1 is 1.09 bits per heavy atom. The summed E-state index contributed by atoms with van der Waals surface area (Å²) in [5, 5.41) is 4.95. The third kappa shape index (κ3) is 4.52. The quantitative estimate of drug-likeness (QED) is 0.555. The number of amides is 3. The summed E-state index contributed by atoms with van der Waals surface area (Å²) in [6.45, 7) is 3.24. The fourth-order valence-corrected chi connectivity index (χ4v) is 3.01. The molecule has 0 bridgehead atoms. The lowest BCUT2D eigenvalue weighted by Gasteiger charge is -2.23. The summed E-state index contributed by atoms with van der Waals surface area (Å²) < 4.78 is 0. The molecular formula is C16H21Cl2N3O2. The Bertz CT molecular complexity index is 559. The first-order valence-electron chi connectivity index (χ1n) is 7.58. The molecule has 0 saturated carbocycles. The van der Waals surface area contributed by atoms with Crippen LogP contribution < -0.4 is 15.5 Å². The van der Waals surface area contributed by atoms with Crippen LogP contribution in [0.3, 0.4) is 0 Å². The Kier molecular flexibility index (Phi) is 6.13. The van der Waals surface area contributed by atoms with Crippen LogP contribution in [0.4, 0.5) is 10.5 Å². The van der Waals surface area contributed by atoms with Gasteiger partial charge in [0.2, 0.25) is 0 Å². The topological polar surface area (TPSA) is 61.4 Å². The molecule has 1 aliphatic heterocycles. The zero-order chi connectivity index (χ0) is 16.9. The van der Waals surface area contributed by atoms with E-state index in [4.69, 9.17) is 23.2 Å². The van der Waals surface area contributed by atoms with Crippen molar-refractivity contribution in [3.05, 3.63) is 29.8 Å². The van der Waals surface area contributed by atoms with Crippen LogP contribution in [0.25, 0.3) is 0 Å². The Morgan fingerprint density at radius 3 is 2.17 bits per heavy atom. The molecule has 23 heavy (non-hydrogen) atoms. The number of anilines is 1. The van der Waals surface area contributed by atoms with Gasteiger partial charge in [-0.3, -0.25) is 10.1 Å². The number of nitrogens with zero attached hydrogens (tertiary/aromatic N) is 1. The molecule has 2 N–H and O–H groups in total. The molecular weight excluding hydrogens is 337 g/mol. The van der Waals surface area contributed by atoms with Gasteiger partial charge in [-0.25, -0.2) is 4.79 Å². The van der Waals surface area contributed by atoms with Gasteiger partial charge in [-0.15, -0.1) is 23.2 Å². The number of benzene rings is 1. The minimum absolute atomic E-state index is 0.269. The smallest absolute Gasteiger partial charge is 0.322 e. The monoisotopic (exact) mass is 357 g/mol. The maximum atomic E-state index is 11.8. The van der Waals surface area contributed by atoms with Crippen LogP contribution in [0.5, 0.6) is 0 Å². The van der Waals surface area contributed by atoms with Crippen LogP contribution in [0.1, 0.15) is 18.9 Å². The molecule has 5 nitrogen and oxygen atoms in total. The second-order valence-corrected chi connectivity index (χ2v) is 6.53. The first kappa shape index (κ1) is 17.9. The first-order chi connectivity index (χ1) is 11.0. The highest BCUT2D eigenvalue weighted by Crippen LogP contribution is 2.20. The van der Waals surface area contributed by atoms with Crippen molar-refractivity contribution in [2.24, 2.45) is 0 Å². The summed E-state index contributed by atoms with van der Waals surface area (Å²) in [6.07, 6.45) is 1.26. The Hall–Kier alpha value is -1.46. The summed E-state index contributed by atoms with van der Waals surface area (Å²) in [6, 6.07) is 7.70. The molecule has 1 aromatic rings. The van der Waals surface area contributed by atoms with Crippen molar-refractivity contribution in [1.29, 1.82) is 0 Å². The molecule has 2 rings (SSSR count). The summed E-state index contributed by atoms with van der Waals surface area (Å²) in [5.74, 6) is 0.826. The zero-order valence-electron chi connectivity index (χ0n) is 13.1. The standard InChI is InChI=1S/C16H21Cl2N3O2/c1-16(14(22)19-15(23)20-16)7-6-12-2-4-13(5-3-12)21(10-8-17)11-9-18/h2-5H,6-11H2,1H3,(H2,19,20,22,23). The van der Waals surface area contributed by atoms with Gasteiger partial charge >= 0.3 is 6.03 Å². The summed E-state index contributed by atoms with van der Waals surface area (Å²) in [5.41, 5.74) is 1.35. The van der Waals surface area contributed by atoms with E-state index in [0.29, 0.717) is 24.6 Å². The van der Waals surface area contributed by atoms with Crippen LogP contribution in [-0.2, 0) is 11.2 Å². The number of alkyl halides is 2. The second kappa shape index (κ2) is 7.88. The fourth-order valence-electron chi connectivity index (χ4n) is 2.60. The van der Waals surface area contributed by atoms with Crippen LogP contribution in [0.15, 0.2) is 24.3 Å². The molecule has 0 spiro atoms. The minimum atomic E-state index is -0.834. The van der Waals surface area contributed by atoms with Crippen LogP contribution in [0, 0.1) is 0 Å². The lowest BCUT2D eigenvalue weighted by molar-refractivity contribution is -0.123. The van der Waals surface area contributed by atoms with Gasteiger partial charge in [-0.05, 0) is 37.5 Å². The van der Waals surface area contributed by atoms with Gasteiger partial charge in [-0.2, -0.15) is 0 Å². The molecule has 0 aliphatic carbocycles. The van der Waals surface area contributed by atoms with Gasteiger partial charge in [0, 0.05) is 30.5 Å². The minimum Gasteiger partial charge on any atom is -0.369 e. The van der Waals surface area contributed by atoms with E-state index in [-0.39, 0.29) is 5.91 Å². The molecule has 1 fully saturated rings. The number of halogens is 2. The van der Waals surface area contributed by atoms with Gasteiger partial charge in [0.05, 0.1) is 0 Å². The van der Waals surface area contributed by atoms with Crippen molar-refractivity contribution in [3.8, 4) is 0 Å². The predicted molar refractivity (Wildman–Crippen MR) is 93.5 cm³/mol. The van der Waals surface area contributed by atoms with Crippen molar-refractivity contribution < 1.29 is 9.59 Å². The number of imide groups is 1. The van der Waals surface area contributed by atoms with Gasteiger partial charge in [0.25, 0.3) is 5.91 Å². The van der Waals surface area contributed by atoms with Crippen LogP contribution in [0.2, 0.25) is 0 Å². The highest BCUT2D eigenvalue weighted by Gasteiger charge is 2.41. The normalized spacial score (nSPS) is 20.3. The number of hydrogen-bond donors (Lipinski definition) is 2. The second-order valence-electron chi connectivity index (χ2n) is 5.77. The van der Waals surface area contributed by atoms with E-state index in [2.05, 4.69) is 15.5 Å². The van der Waals surface area contributed by atoms with Gasteiger partial charge in [0.1, 0.15) is 5.54 Å². The van der Waals surface area contributed by atoms with E-state index in [1.165, 1.54) is 0 Å². The lowest BCUT2D eigenvalue weighted by atomic mass is 9.93. The lowest BCUT2D eigenvalue weighted by Crippen LogP contribution is -2.43. The molecule has 7 heteroatoms. The van der Waals surface area contributed by atoms with E-state index in [1.54, 1.807) is 6.92 Å². The van der Waals surface area contributed by atoms with Gasteiger partial charge < -0.3 is 10.2 Å². The molecule has 1 aromatic carbocycles. The highest BCUT2D eigenvalue weighted by molar-refractivity contribution is 6.18.